The fourth-order valence-electron chi connectivity index (χ4n) is 2.58. The molecule has 0 saturated heterocycles. The van der Waals surface area contributed by atoms with Crippen LogP contribution in [-0.4, -0.2) is 26.1 Å². The van der Waals surface area contributed by atoms with E-state index in [2.05, 4.69) is 20.7 Å². The standard InChI is InChI=1S/C18H15ClF3N5O/c1-11(14-7-2-3-8-15(14)19)23-16(28)10-27-25-17(24-26-27)12-5-4-6-13(9-12)18(20,21)22/h2-9,11H,10H2,1H3,(H,23,28). The maximum absolute atomic E-state index is 12.8. The Morgan fingerprint density at radius 3 is 2.68 bits per heavy atom. The van der Waals surface area contributed by atoms with E-state index in [1.165, 1.54) is 12.1 Å². The fourth-order valence-corrected chi connectivity index (χ4v) is 2.88. The summed E-state index contributed by atoms with van der Waals surface area (Å²) in [6.07, 6.45) is -4.47. The minimum absolute atomic E-state index is 0.00180. The molecule has 0 fully saturated rings. The molecule has 0 saturated carbocycles. The van der Waals surface area contributed by atoms with Crippen LogP contribution in [0.25, 0.3) is 11.4 Å². The molecule has 1 heterocycles. The number of nitrogens with one attached hydrogen (secondary N) is 1. The van der Waals surface area contributed by atoms with Gasteiger partial charge in [0.25, 0.3) is 0 Å². The first-order valence-electron chi connectivity index (χ1n) is 8.23. The van der Waals surface area contributed by atoms with E-state index in [1.54, 1.807) is 25.1 Å². The van der Waals surface area contributed by atoms with E-state index in [9.17, 15) is 18.0 Å². The smallest absolute Gasteiger partial charge is 0.348 e. The van der Waals surface area contributed by atoms with Crippen LogP contribution in [0, 0.1) is 0 Å². The molecular formula is C18H15ClF3N5O. The Bertz CT molecular complexity index is 989. The minimum atomic E-state index is -4.47. The van der Waals surface area contributed by atoms with E-state index < -0.39 is 11.7 Å². The average molecular weight is 410 g/mol. The number of rotatable bonds is 5. The van der Waals surface area contributed by atoms with Crippen molar-refractivity contribution in [2.75, 3.05) is 0 Å². The van der Waals surface area contributed by atoms with Crippen LogP contribution in [0.1, 0.15) is 24.1 Å². The van der Waals surface area contributed by atoms with Crippen LogP contribution < -0.4 is 5.32 Å². The third-order valence-corrected chi connectivity index (χ3v) is 4.28. The lowest BCUT2D eigenvalue weighted by atomic mass is 10.1. The quantitative estimate of drug-likeness (QED) is 0.694. The van der Waals surface area contributed by atoms with Crippen molar-refractivity contribution >= 4 is 17.5 Å². The van der Waals surface area contributed by atoms with Crippen molar-refractivity contribution in [1.29, 1.82) is 0 Å². The number of hydrogen-bond donors (Lipinski definition) is 1. The average Bonchev–Trinajstić information content (AvgIpc) is 3.09. The summed E-state index contributed by atoms with van der Waals surface area (Å²) in [7, 11) is 0. The summed E-state index contributed by atoms with van der Waals surface area (Å²) in [6.45, 7) is 1.54. The maximum atomic E-state index is 12.8. The van der Waals surface area contributed by atoms with E-state index in [1.807, 2.05) is 6.07 Å². The molecule has 0 aliphatic rings. The van der Waals surface area contributed by atoms with Gasteiger partial charge in [-0.15, -0.1) is 10.2 Å². The predicted octanol–water partition coefficient (Wildman–Crippen LogP) is 3.89. The molecule has 3 rings (SSSR count). The number of benzene rings is 2. The lowest BCUT2D eigenvalue weighted by Gasteiger charge is -2.15. The minimum Gasteiger partial charge on any atom is -0.348 e. The van der Waals surface area contributed by atoms with Crippen molar-refractivity contribution in [3.63, 3.8) is 0 Å². The highest BCUT2D eigenvalue weighted by atomic mass is 35.5. The normalized spacial score (nSPS) is 12.6. The second kappa shape index (κ2) is 7.97. The summed E-state index contributed by atoms with van der Waals surface area (Å²) in [5.74, 6) is -0.390. The molecule has 1 amide bonds. The molecular weight excluding hydrogens is 395 g/mol. The van der Waals surface area contributed by atoms with Gasteiger partial charge in [-0.25, -0.2) is 0 Å². The van der Waals surface area contributed by atoms with E-state index in [0.717, 1.165) is 22.5 Å². The van der Waals surface area contributed by atoms with E-state index in [4.69, 9.17) is 11.6 Å². The number of hydrogen-bond acceptors (Lipinski definition) is 4. The highest BCUT2D eigenvalue weighted by Crippen LogP contribution is 2.31. The molecule has 1 N–H and O–H groups in total. The first-order valence-corrected chi connectivity index (χ1v) is 8.61. The highest BCUT2D eigenvalue weighted by Gasteiger charge is 2.30. The third-order valence-electron chi connectivity index (χ3n) is 3.94. The topological polar surface area (TPSA) is 72.7 Å². The Labute approximate surface area is 163 Å². The van der Waals surface area contributed by atoms with E-state index >= 15 is 0 Å². The number of aromatic nitrogens is 4. The molecule has 1 unspecified atom stereocenters. The van der Waals surface area contributed by atoms with Crippen LogP contribution in [0.4, 0.5) is 13.2 Å². The maximum Gasteiger partial charge on any atom is 0.416 e. The third kappa shape index (κ3) is 4.66. The van der Waals surface area contributed by atoms with Crippen LogP contribution >= 0.6 is 11.6 Å². The lowest BCUT2D eigenvalue weighted by molar-refractivity contribution is -0.137. The zero-order valence-corrected chi connectivity index (χ0v) is 15.4. The summed E-state index contributed by atoms with van der Waals surface area (Å²) in [5.41, 5.74) is 0.104. The molecule has 2 aromatic carbocycles. The Kier molecular flexibility index (Phi) is 5.64. The number of alkyl halides is 3. The Morgan fingerprint density at radius 1 is 1.21 bits per heavy atom. The Hall–Kier alpha value is -2.94. The second-order valence-electron chi connectivity index (χ2n) is 6.03. The first-order chi connectivity index (χ1) is 13.2. The van der Waals surface area contributed by atoms with E-state index in [0.29, 0.717) is 5.02 Å². The van der Waals surface area contributed by atoms with Gasteiger partial charge < -0.3 is 5.32 Å². The molecule has 1 atom stereocenters. The summed E-state index contributed by atoms with van der Waals surface area (Å²) in [5, 5.41) is 14.7. The Morgan fingerprint density at radius 2 is 1.96 bits per heavy atom. The van der Waals surface area contributed by atoms with Gasteiger partial charge >= 0.3 is 6.18 Å². The SMILES string of the molecule is CC(NC(=O)Cn1nnc(-c2cccc(C(F)(F)F)c2)n1)c1ccccc1Cl. The summed E-state index contributed by atoms with van der Waals surface area (Å²) < 4.78 is 38.5. The molecule has 1 aromatic heterocycles. The molecule has 0 radical (unpaired) electrons. The summed E-state index contributed by atoms with van der Waals surface area (Å²) in [4.78, 5) is 13.2. The van der Waals surface area contributed by atoms with Gasteiger partial charge in [-0.2, -0.15) is 18.0 Å². The molecule has 0 aliphatic carbocycles. The van der Waals surface area contributed by atoms with Crippen molar-refractivity contribution in [2.24, 2.45) is 0 Å². The number of tetrazole rings is 1. The molecule has 0 spiro atoms. The molecule has 0 bridgehead atoms. The summed E-state index contributed by atoms with van der Waals surface area (Å²) >= 11 is 6.11. The van der Waals surface area contributed by atoms with E-state index in [-0.39, 0.29) is 29.9 Å². The van der Waals surface area contributed by atoms with Crippen molar-refractivity contribution in [1.82, 2.24) is 25.5 Å². The van der Waals surface area contributed by atoms with Gasteiger partial charge in [0.05, 0.1) is 11.6 Å². The predicted molar refractivity (Wildman–Crippen MR) is 96.3 cm³/mol. The van der Waals surface area contributed by atoms with Gasteiger partial charge in [0.1, 0.15) is 6.54 Å². The molecule has 28 heavy (non-hydrogen) atoms. The van der Waals surface area contributed by atoms with Crippen LogP contribution in [0.2, 0.25) is 5.02 Å². The van der Waals surface area contributed by atoms with Gasteiger partial charge in [-0.1, -0.05) is 41.9 Å². The largest absolute Gasteiger partial charge is 0.416 e. The zero-order valence-electron chi connectivity index (χ0n) is 14.6. The molecule has 0 aliphatic heterocycles. The van der Waals surface area contributed by atoms with Gasteiger partial charge in [0.15, 0.2) is 0 Å². The van der Waals surface area contributed by atoms with Crippen LogP contribution in [0.5, 0.6) is 0 Å². The van der Waals surface area contributed by atoms with Crippen LogP contribution in [0.15, 0.2) is 48.5 Å². The van der Waals surface area contributed by atoms with Crippen LogP contribution in [-0.2, 0) is 17.5 Å². The molecule has 10 heteroatoms. The van der Waals surface area contributed by atoms with Gasteiger partial charge in [0.2, 0.25) is 11.7 Å². The second-order valence-corrected chi connectivity index (χ2v) is 6.44. The van der Waals surface area contributed by atoms with Gasteiger partial charge in [-0.05, 0) is 35.9 Å². The molecule has 6 nitrogen and oxygen atoms in total. The Balaban J connectivity index is 1.68. The monoisotopic (exact) mass is 409 g/mol. The van der Waals surface area contributed by atoms with Crippen molar-refractivity contribution in [3.8, 4) is 11.4 Å². The first kappa shape index (κ1) is 19.8. The zero-order chi connectivity index (χ0) is 20.3. The molecule has 3 aromatic rings. The highest BCUT2D eigenvalue weighted by molar-refractivity contribution is 6.31. The number of carbonyl (C=O) groups excluding carboxylic acids is 1. The summed E-state index contributed by atoms with van der Waals surface area (Å²) in [6, 6.07) is 11.4. The van der Waals surface area contributed by atoms with Crippen molar-refractivity contribution in [2.45, 2.75) is 25.7 Å². The lowest BCUT2D eigenvalue weighted by Crippen LogP contribution is -2.31. The number of nitrogens with zero attached hydrogens (tertiary/aromatic N) is 4. The van der Waals surface area contributed by atoms with Crippen molar-refractivity contribution in [3.05, 3.63) is 64.7 Å². The number of carbonyl (C=O) groups is 1. The number of amides is 1. The van der Waals surface area contributed by atoms with Gasteiger partial charge in [-0.3, -0.25) is 4.79 Å². The van der Waals surface area contributed by atoms with Gasteiger partial charge in [0, 0.05) is 10.6 Å². The van der Waals surface area contributed by atoms with Crippen LogP contribution in [0.3, 0.4) is 0 Å². The van der Waals surface area contributed by atoms with Crippen molar-refractivity contribution < 1.29 is 18.0 Å². The molecule has 146 valence electrons. The number of halogens is 4. The fraction of sp³-hybridized carbons (Fsp3) is 0.222.